The molecular formula is C22H29F3O2. The molecule has 0 heterocycles. The smallest absolute Gasteiger partial charge is 0.489 e. The van der Waals surface area contributed by atoms with Gasteiger partial charge in [-0.15, -0.1) is 13.2 Å². The third-order valence-corrected chi connectivity index (χ3v) is 5.79. The van der Waals surface area contributed by atoms with Crippen LogP contribution in [0.15, 0.2) is 24.3 Å². The molecule has 3 rings (SSSR count). The molecule has 2 aliphatic rings. The van der Waals surface area contributed by atoms with E-state index in [-0.39, 0.29) is 11.5 Å². The monoisotopic (exact) mass is 382 g/mol. The Balaban J connectivity index is 1.73. The Kier molecular flexibility index (Phi) is 6.72. The number of hydrogen-bond donors (Lipinski definition) is 0. The van der Waals surface area contributed by atoms with Crippen LogP contribution >= 0.6 is 0 Å². The number of benzene rings is 1. The highest BCUT2D eigenvalue weighted by atomic mass is 19.4. The third-order valence-electron chi connectivity index (χ3n) is 5.79. The first-order valence-electron chi connectivity index (χ1n) is 10.1. The first-order valence-corrected chi connectivity index (χ1v) is 10.1. The summed E-state index contributed by atoms with van der Waals surface area (Å²) in [5, 5.41) is 0. The van der Waals surface area contributed by atoms with Crippen LogP contribution in [0, 0.1) is 18.8 Å². The minimum absolute atomic E-state index is 0.188. The van der Waals surface area contributed by atoms with Crippen LogP contribution in [0.3, 0.4) is 0 Å². The van der Waals surface area contributed by atoms with E-state index in [4.69, 9.17) is 4.74 Å². The van der Waals surface area contributed by atoms with Gasteiger partial charge in [0.1, 0.15) is 0 Å². The van der Waals surface area contributed by atoms with Gasteiger partial charge in [-0.1, -0.05) is 43.9 Å². The van der Waals surface area contributed by atoms with E-state index in [2.05, 4.69) is 16.9 Å². The lowest BCUT2D eigenvalue weighted by molar-refractivity contribution is -0.275. The van der Waals surface area contributed by atoms with E-state index in [0.717, 1.165) is 18.4 Å². The number of hydrogen-bond acceptors (Lipinski definition) is 2. The lowest BCUT2D eigenvalue weighted by Crippen LogP contribution is -2.19. The van der Waals surface area contributed by atoms with Crippen LogP contribution in [0.2, 0.25) is 0 Å². The zero-order chi connectivity index (χ0) is 19.3. The molecule has 5 heteroatoms. The quantitative estimate of drug-likeness (QED) is 0.486. The third kappa shape index (κ3) is 5.91. The number of ether oxygens (including phenoxy) is 2. The van der Waals surface area contributed by atoms with Gasteiger partial charge in [-0.3, -0.25) is 0 Å². The molecule has 27 heavy (non-hydrogen) atoms. The minimum Gasteiger partial charge on any atom is -0.489 e. The van der Waals surface area contributed by atoms with Crippen LogP contribution in [-0.4, -0.2) is 13.0 Å². The van der Waals surface area contributed by atoms with Crippen molar-refractivity contribution >= 4 is 0 Å². The Labute approximate surface area is 159 Å². The molecule has 150 valence electrons. The molecule has 2 fully saturated rings. The second-order valence-electron chi connectivity index (χ2n) is 7.86. The highest BCUT2D eigenvalue weighted by Crippen LogP contribution is 2.38. The minimum atomic E-state index is -4.73. The zero-order valence-electron chi connectivity index (χ0n) is 16.0. The molecule has 0 spiro atoms. The largest absolute Gasteiger partial charge is 0.573 e. The van der Waals surface area contributed by atoms with Gasteiger partial charge in [-0.25, -0.2) is 0 Å². The molecule has 0 radical (unpaired) electrons. The van der Waals surface area contributed by atoms with Crippen LogP contribution < -0.4 is 9.47 Å². The molecule has 2 aliphatic carbocycles. The summed E-state index contributed by atoms with van der Waals surface area (Å²) in [5.74, 6) is 1.05. The van der Waals surface area contributed by atoms with E-state index < -0.39 is 6.36 Å². The van der Waals surface area contributed by atoms with Gasteiger partial charge in [-0.2, -0.15) is 0 Å². The van der Waals surface area contributed by atoms with Gasteiger partial charge in [0, 0.05) is 0 Å². The lowest BCUT2D eigenvalue weighted by atomic mass is 10.0. The molecule has 1 aromatic rings. The summed E-state index contributed by atoms with van der Waals surface area (Å²) in [7, 11) is 0. The standard InChI is InChI=1S/C22H29F3O2/c1-16-19(12-6-11-17-7-2-3-8-17)13-14-20(21(16)27-22(23,24)25)26-15-18-9-4-5-10-18/h6,11,13-14,17-18H,2-5,7-10,12,15H2,1H3/b11-6+. The Bertz CT molecular complexity index is 640. The van der Waals surface area contributed by atoms with Crippen molar-refractivity contribution in [3.63, 3.8) is 0 Å². The summed E-state index contributed by atoms with van der Waals surface area (Å²) >= 11 is 0. The molecule has 0 aromatic heterocycles. The van der Waals surface area contributed by atoms with Crippen molar-refractivity contribution in [1.82, 2.24) is 0 Å². The Hall–Kier alpha value is -1.65. The molecule has 0 aliphatic heterocycles. The highest BCUT2D eigenvalue weighted by molar-refractivity contribution is 5.50. The summed E-state index contributed by atoms with van der Waals surface area (Å²) in [4.78, 5) is 0. The predicted molar refractivity (Wildman–Crippen MR) is 100 cm³/mol. The Morgan fingerprint density at radius 1 is 1.04 bits per heavy atom. The topological polar surface area (TPSA) is 18.5 Å². The molecule has 2 saturated carbocycles. The van der Waals surface area contributed by atoms with E-state index in [1.807, 2.05) is 6.07 Å². The van der Waals surface area contributed by atoms with Gasteiger partial charge in [0.25, 0.3) is 0 Å². The molecule has 0 unspecified atom stereocenters. The van der Waals surface area contributed by atoms with Crippen LogP contribution in [0.1, 0.15) is 62.5 Å². The molecule has 0 amide bonds. The van der Waals surface area contributed by atoms with E-state index in [1.165, 1.54) is 38.5 Å². The maximum absolute atomic E-state index is 12.9. The molecule has 0 saturated heterocycles. The fourth-order valence-electron chi connectivity index (χ4n) is 4.21. The highest BCUT2D eigenvalue weighted by Gasteiger charge is 2.34. The van der Waals surface area contributed by atoms with Crippen molar-refractivity contribution in [3.05, 3.63) is 35.4 Å². The van der Waals surface area contributed by atoms with Crippen molar-refractivity contribution in [2.24, 2.45) is 11.8 Å². The number of allylic oxidation sites excluding steroid dienone is 2. The maximum atomic E-state index is 12.9. The fraction of sp³-hybridized carbons (Fsp3) is 0.636. The Morgan fingerprint density at radius 3 is 2.37 bits per heavy atom. The van der Waals surface area contributed by atoms with Crippen molar-refractivity contribution in [1.29, 1.82) is 0 Å². The maximum Gasteiger partial charge on any atom is 0.573 e. The van der Waals surface area contributed by atoms with Gasteiger partial charge in [0.05, 0.1) is 6.61 Å². The molecule has 0 N–H and O–H groups in total. The van der Waals surface area contributed by atoms with Crippen LogP contribution in [-0.2, 0) is 6.42 Å². The number of alkyl halides is 3. The molecule has 1 aromatic carbocycles. The first-order chi connectivity index (χ1) is 12.9. The molecular weight excluding hydrogens is 353 g/mol. The van der Waals surface area contributed by atoms with Crippen molar-refractivity contribution in [3.8, 4) is 11.5 Å². The lowest BCUT2D eigenvalue weighted by Gasteiger charge is -2.19. The van der Waals surface area contributed by atoms with Gasteiger partial charge in [0.15, 0.2) is 11.5 Å². The number of halogens is 3. The number of rotatable bonds is 7. The molecule has 2 nitrogen and oxygen atoms in total. The average Bonchev–Trinajstić information content (AvgIpc) is 3.30. The SMILES string of the molecule is Cc1c(C/C=C/C2CCCC2)ccc(OCC2CCCC2)c1OC(F)(F)F. The Morgan fingerprint density at radius 2 is 1.70 bits per heavy atom. The van der Waals surface area contributed by atoms with Gasteiger partial charge < -0.3 is 9.47 Å². The van der Waals surface area contributed by atoms with Gasteiger partial charge >= 0.3 is 6.36 Å². The summed E-state index contributed by atoms with van der Waals surface area (Å²) in [6, 6.07) is 3.49. The molecule has 0 bridgehead atoms. The fourth-order valence-corrected chi connectivity index (χ4v) is 4.21. The van der Waals surface area contributed by atoms with Crippen molar-refractivity contribution in [2.45, 2.75) is 71.1 Å². The average molecular weight is 382 g/mol. The molecule has 0 atom stereocenters. The normalized spacial score (nSPS) is 19.3. The van der Waals surface area contributed by atoms with E-state index >= 15 is 0 Å². The second kappa shape index (κ2) is 9.03. The second-order valence-corrected chi connectivity index (χ2v) is 7.86. The zero-order valence-corrected chi connectivity index (χ0v) is 16.0. The summed E-state index contributed by atoms with van der Waals surface area (Å²) in [6.07, 6.45) is 9.64. The first kappa shape index (κ1) is 20.1. The van der Waals surface area contributed by atoms with Crippen LogP contribution in [0.4, 0.5) is 13.2 Å². The van der Waals surface area contributed by atoms with Crippen molar-refractivity contribution in [2.75, 3.05) is 6.61 Å². The van der Waals surface area contributed by atoms with Gasteiger partial charge in [-0.05, 0) is 68.1 Å². The van der Waals surface area contributed by atoms with Crippen LogP contribution in [0.25, 0.3) is 0 Å². The van der Waals surface area contributed by atoms with E-state index in [1.54, 1.807) is 13.0 Å². The summed E-state index contributed by atoms with van der Waals surface area (Å²) in [6.45, 7) is 2.14. The van der Waals surface area contributed by atoms with E-state index in [9.17, 15) is 13.2 Å². The predicted octanol–water partition coefficient (Wildman–Crippen LogP) is 6.75. The van der Waals surface area contributed by atoms with Crippen LogP contribution in [0.5, 0.6) is 11.5 Å². The van der Waals surface area contributed by atoms with Crippen molar-refractivity contribution < 1.29 is 22.6 Å². The summed E-state index contributed by atoms with van der Waals surface area (Å²) < 4.78 is 48.9. The van der Waals surface area contributed by atoms with Gasteiger partial charge in [0.2, 0.25) is 0 Å². The van der Waals surface area contributed by atoms with E-state index in [0.29, 0.717) is 30.4 Å². The summed E-state index contributed by atoms with van der Waals surface area (Å²) in [5.41, 5.74) is 1.35.